The topological polar surface area (TPSA) is 20.2 Å². The summed E-state index contributed by atoms with van der Waals surface area (Å²) in [6, 6.07) is 12.5. The quantitative estimate of drug-likeness (QED) is 0.786. The minimum Gasteiger partial charge on any atom is -0.396 e. The Morgan fingerprint density at radius 2 is 1.75 bits per heavy atom. The third-order valence-corrected chi connectivity index (χ3v) is 1.12. The van der Waals surface area contributed by atoms with Crippen LogP contribution in [0.2, 0.25) is 0 Å². The van der Waals surface area contributed by atoms with Crippen LogP contribution in [-0.4, -0.2) is 11.7 Å². The Hall–Kier alpha value is 0.284. The molecule has 0 aliphatic carbocycles. The first-order valence-electron chi connectivity index (χ1n) is 3.93. The monoisotopic (exact) mass is 240 g/mol. The van der Waals surface area contributed by atoms with Gasteiger partial charge in [0, 0.05) is 39.3 Å². The van der Waals surface area contributed by atoms with Crippen molar-refractivity contribution in [1.29, 1.82) is 0 Å². The van der Waals surface area contributed by atoms with E-state index in [2.05, 4.69) is 13.0 Å². The molecule has 2 heteroatoms. The Balaban J connectivity index is 0. The molecule has 0 saturated carbocycles. The van der Waals surface area contributed by atoms with Crippen LogP contribution < -0.4 is 0 Å². The summed E-state index contributed by atoms with van der Waals surface area (Å²) in [6.45, 7) is 2.40. The molecule has 0 unspecified atom stereocenters. The SMILES string of the molecule is CCCCO.[Y].[c-]1ccccc1. The second kappa shape index (κ2) is 13.8. The number of hydrogen-bond donors (Lipinski definition) is 1. The molecule has 1 radical (unpaired) electrons. The van der Waals surface area contributed by atoms with Crippen LogP contribution in [0.25, 0.3) is 0 Å². The molecule has 0 aliphatic rings. The molecule has 0 spiro atoms. The van der Waals surface area contributed by atoms with Gasteiger partial charge in [-0.25, -0.2) is 0 Å². The van der Waals surface area contributed by atoms with Crippen molar-refractivity contribution in [3.05, 3.63) is 36.4 Å². The fourth-order valence-electron chi connectivity index (χ4n) is 0.500. The van der Waals surface area contributed by atoms with Gasteiger partial charge in [0.15, 0.2) is 0 Å². The van der Waals surface area contributed by atoms with Gasteiger partial charge >= 0.3 is 0 Å². The normalized spacial score (nSPS) is 7.50. The van der Waals surface area contributed by atoms with E-state index in [0.717, 1.165) is 12.8 Å². The van der Waals surface area contributed by atoms with Crippen LogP contribution in [0.3, 0.4) is 0 Å². The molecule has 1 rings (SSSR count). The Kier molecular flexibility index (Phi) is 17.1. The van der Waals surface area contributed by atoms with Crippen molar-refractivity contribution in [2.45, 2.75) is 19.8 Å². The molecule has 12 heavy (non-hydrogen) atoms. The number of aliphatic hydroxyl groups excluding tert-OH is 1. The van der Waals surface area contributed by atoms with Gasteiger partial charge in [0.2, 0.25) is 0 Å². The Morgan fingerprint density at radius 3 is 1.83 bits per heavy atom. The van der Waals surface area contributed by atoms with Crippen molar-refractivity contribution >= 4 is 0 Å². The largest absolute Gasteiger partial charge is 0.396 e. The summed E-state index contributed by atoms with van der Waals surface area (Å²) in [5.41, 5.74) is 0. The summed E-state index contributed by atoms with van der Waals surface area (Å²) in [6.07, 6.45) is 2.04. The van der Waals surface area contributed by atoms with E-state index in [1.165, 1.54) is 0 Å². The molecule has 0 saturated heterocycles. The zero-order chi connectivity index (χ0) is 8.36. The Bertz CT molecular complexity index is 113. The Labute approximate surface area is 100 Å². The number of benzene rings is 1. The van der Waals surface area contributed by atoms with E-state index < -0.39 is 0 Å². The molecule has 1 nitrogen and oxygen atoms in total. The van der Waals surface area contributed by atoms with Gasteiger partial charge < -0.3 is 5.11 Å². The van der Waals surface area contributed by atoms with E-state index in [1.54, 1.807) is 0 Å². The van der Waals surface area contributed by atoms with Crippen LogP contribution in [0.15, 0.2) is 30.3 Å². The van der Waals surface area contributed by atoms with Crippen molar-refractivity contribution in [2.75, 3.05) is 6.61 Å². The van der Waals surface area contributed by atoms with Gasteiger partial charge in [-0.15, -0.1) is 0 Å². The average Bonchev–Trinajstić information content (AvgIpc) is 2.10. The van der Waals surface area contributed by atoms with Gasteiger partial charge in [0.1, 0.15) is 0 Å². The molecule has 0 atom stereocenters. The number of aliphatic hydroxyl groups is 1. The van der Waals surface area contributed by atoms with Crippen molar-refractivity contribution in [3.8, 4) is 0 Å². The van der Waals surface area contributed by atoms with Gasteiger partial charge in [-0.1, -0.05) is 13.3 Å². The number of rotatable bonds is 2. The Morgan fingerprint density at radius 1 is 1.17 bits per heavy atom. The summed E-state index contributed by atoms with van der Waals surface area (Å²) in [4.78, 5) is 0. The van der Waals surface area contributed by atoms with Crippen LogP contribution in [0, 0.1) is 6.07 Å². The van der Waals surface area contributed by atoms with Gasteiger partial charge in [-0.3, -0.25) is 0 Å². The maximum atomic E-state index is 8.07. The van der Waals surface area contributed by atoms with Crippen molar-refractivity contribution < 1.29 is 37.8 Å². The maximum Gasteiger partial charge on any atom is 0.0430 e. The summed E-state index contributed by atoms with van der Waals surface area (Å²) in [5, 5.41) is 8.07. The van der Waals surface area contributed by atoms with E-state index in [1.807, 2.05) is 30.3 Å². The van der Waals surface area contributed by atoms with E-state index >= 15 is 0 Å². The molecule has 0 fully saturated rings. The van der Waals surface area contributed by atoms with Crippen LogP contribution in [0.1, 0.15) is 19.8 Å². The van der Waals surface area contributed by atoms with Crippen LogP contribution in [0.5, 0.6) is 0 Å². The molecular formula is C10H15OY-. The van der Waals surface area contributed by atoms with Crippen molar-refractivity contribution in [2.24, 2.45) is 0 Å². The fourth-order valence-corrected chi connectivity index (χ4v) is 0.500. The molecule has 0 aromatic heterocycles. The molecule has 0 aliphatic heterocycles. The smallest absolute Gasteiger partial charge is 0.0430 e. The predicted octanol–water partition coefficient (Wildman–Crippen LogP) is 2.26. The molecule has 0 amide bonds. The van der Waals surface area contributed by atoms with Gasteiger partial charge in [-0.2, -0.15) is 36.4 Å². The molecule has 1 N–H and O–H groups in total. The summed E-state index contributed by atoms with van der Waals surface area (Å²) >= 11 is 0. The molecule has 0 bridgehead atoms. The van der Waals surface area contributed by atoms with Gasteiger partial charge in [-0.05, 0) is 6.42 Å². The van der Waals surface area contributed by atoms with Gasteiger partial charge in [0.25, 0.3) is 0 Å². The zero-order valence-electron chi connectivity index (χ0n) is 7.53. The first-order chi connectivity index (χ1) is 5.41. The first-order valence-corrected chi connectivity index (χ1v) is 3.93. The second-order valence-electron chi connectivity index (χ2n) is 2.15. The fraction of sp³-hybridized carbons (Fsp3) is 0.400. The summed E-state index contributed by atoms with van der Waals surface area (Å²) in [5.74, 6) is 0. The molecule has 1 aromatic rings. The van der Waals surface area contributed by atoms with Crippen LogP contribution in [-0.2, 0) is 32.7 Å². The minimum atomic E-state index is 0. The van der Waals surface area contributed by atoms with Crippen LogP contribution in [0.4, 0.5) is 0 Å². The van der Waals surface area contributed by atoms with E-state index in [-0.39, 0.29) is 32.7 Å². The van der Waals surface area contributed by atoms with Crippen LogP contribution >= 0.6 is 0 Å². The molecule has 65 valence electrons. The van der Waals surface area contributed by atoms with Gasteiger partial charge in [0.05, 0.1) is 0 Å². The summed E-state index contributed by atoms with van der Waals surface area (Å²) < 4.78 is 0. The van der Waals surface area contributed by atoms with E-state index in [9.17, 15) is 0 Å². The second-order valence-corrected chi connectivity index (χ2v) is 2.15. The predicted molar refractivity (Wildman–Crippen MR) is 47.3 cm³/mol. The van der Waals surface area contributed by atoms with E-state index in [4.69, 9.17) is 5.11 Å². The standard InChI is InChI=1S/C6H5.C4H10O.Y/c1-2-4-6-5-3-1;1-2-3-4-5;/h1-5H;5H,2-4H2,1H3;/q-1;;. The van der Waals surface area contributed by atoms with Crippen molar-refractivity contribution in [3.63, 3.8) is 0 Å². The zero-order valence-corrected chi connectivity index (χ0v) is 10.4. The van der Waals surface area contributed by atoms with E-state index in [0.29, 0.717) is 6.61 Å². The minimum absolute atomic E-state index is 0. The first kappa shape index (κ1) is 14.8. The number of hydrogen-bond acceptors (Lipinski definition) is 1. The third-order valence-electron chi connectivity index (χ3n) is 1.12. The maximum absolute atomic E-state index is 8.07. The molecule has 1 aromatic carbocycles. The number of unbranched alkanes of at least 4 members (excludes halogenated alkanes) is 1. The average molecular weight is 240 g/mol. The third kappa shape index (κ3) is 12.9. The molecular weight excluding hydrogens is 225 g/mol. The van der Waals surface area contributed by atoms with Crippen molar-refractivity contribution in [1.82, 2.24) is 0 Å². The molecule has 0 heterocycles. The summed E-state index contributed by atoms with van der Waals surface area (Å²) in [7, 11) is 0.